The molecule has 0 atom stereocenters. The van der Waals surface area contributed by atoms with Gasteiger partial charge in [-0.05, 0) is 12.1 Å². The molecule has 1 fully saturated rings. The predicted molar refractivity (Wildman–Crippen MR) is 87.9 cm³/mol. The third kappa shape index (κ3) is 4.10. The molecule has 0 unspecified atom stereocenters. The highest BCUT2D eigenvalue weighted by atomic mass is 32.1. The number of nitro groups is 1. The summed E-state index contributed by atoms with van der Waals surface area (Å²) >= 11 is 1.22. The van der Waals surface area contributed by atoms with Gasteiger partial charge in [0.05, 0.1) is 24.7 Å². The number of rotatable bonds is 5. The molecule has 1 aromatic carbocycles. The Morgan fingerprint density at radius 3 is 2.67 bits per heavy atom. The molecule has 0 radical (unpaired) electrons. The SMILES string of the molecule is O=C(CN1CCOCC1)Nc1nnc(-c2ccc([N+](=O)[O-])cc2)s1. The lowest BCUT2D eigenvalue weighted by Crippen LogP contribution is -2.41. The minimum absolute atomic E-state index is 0.0160. The van der Waals surface area contributed by atoms with Gasteiger partial charge in [-0.15, -0.1) is 10.2 Å². The number of nitrogens with one attached hydrogen (secondary N) is 1. The molecular formula is C14H15N5O4S. The number of aromatic nitrogens is 2. The van der Waals surface area contributed by atoms with Crippen molar-refractivity contribution in [1.82, 2.24) is 15.1 Å². The maximum Gasteiger partial charge on any atom is 0.269 e. The standard InChI is InChI=1S/C14H15N5O4S/c20-12(9-18-5-7-23-8-6-18)15-14-17-16-13(24-14)10-1-3-11(4-2-10)19(21)22/h1-4H,5-9H2,(H,15,17,20). The Morgan fingerprint density at radius 1 is 1.29 bits per heavy atom. The Hall–Kier alpha value is -2.43. The number of carbonyl (C=O) groups excluding carboxylic acids is 1. The number of anilines is 1. The van der Waals surface area contributed by atoms with E-state index in [0.29, 0.717) is 28.9 Å². The molecule has 1 amide bonds. The summed E-state index contributed by atoms with van der Waals surface area (Å²) in [4.78, 5) is 24.2. The van der Waals surface area contributed by atoms with Crippen LogP contribution in [0.3, 0.4) is 0 Å². The maximum atomic E-state index is 12.0. The minimum Gasteiger partial charge on any atom is -0.379 e. The average Bonchev–Trinajstić information content (AvgIpc) is 3.04. The lowest BCUT2D eigenvalue weighted by molar-refractivity contribution is -0.384. The summed E-state index contributed by atoms with van der Waals surface area (Å²) in [5.41, 5.74) is 0.731. The fraction of sp³-hybridized carbons (Fsp3) is 0.357. The zero-order chi connectivity index (χ0) is 16.9. The molecule has 1 N–H and O–H groups in total. The van der Waals surface area contributed by atoms with Gasteiger partial charge in [-0.25, -0.2) is 0 Å². The molecule has 1 aromatic heterocycles. The Kier molecular flexibility index (Phi) is 5.08. The van der Waals surface area contributed by atoms with Gasteiger partial charge in [0.25, 0.3) is 5.69 Å². The number of ether oxygens (including phenoxy) is 1. The number of nitro benzene ring substituents is 1. The van der Waals surface area contributed by atoms with Crippen LogP contribution in [0.25, 0.3) is 10.6 Å². The van der Waals surface area contributed by atoms with Crippen molar-refractivity contribution in [1.29, 1.82) is 0 Å². The molecular weight excluding hydrogens is 334 g/mol. The van der Waals surface area contributed by atoms with Gasteiger partial charge in [-0.2, -0.15) is 0 Å². The predicted octanol–water partition coefficient (Wildman–Crippen LogP) is 1.38. The van der Waals surface area contributed by atoms with Crippen LogP contribution in [0, 0.1) is 10.1 Å². The van der Waals surface area contributed by atoms with Crippen LogP contribution in [-0.4, -0.2) is 58.8 Å². The second-order valence-electron chi connectivity index (χ2n) is 5.15. The molecule has 1 aliphatic rings. The third-order valence-electron chi connectivity index (χ3n) is 3.47. The molecule has 2 heterocycles. The summed E-state index contributed by atoms with van der Waals surface area (Å²) < 4.78 is 5.24. The van der Waals surface area contributed by atoms with Crippen molar-refractivity contribution in [2.75, 3.05) is 38.2 Å². The molecule has 0 spiro atoms. The number of benzene rings is 1. The maximum absolute atomic E-state index is 12.0. The lowest BCUT2D eigenvalue weighted by Gasteiger charge is -2.25. The van der Waals surface area contributed by atoms with Crippen molar-refractivity contribution in [2.24, 2.45) is 0 Å². The van der Waals surface area contributed by atoms with E-state index < -0.39 is 4.92 Å². The normalized spacial score (nSPS) is 15.2. The summed E-state index contributed by atoms with van der Waals surface area (Å²) in [5, 5.41) is 22.3. The van der Waals surface area contributed by atoms with Crippen LogP contribution < -0.4 is 5.32 Å². The molecule has 3 rings (SSSR count). The number of amides is 1. The number of carbonyl (C=O) groups is 1. The van der Waals surface area contributed by atoms with Crippen molar-refractivity contribution in [3.05, 3.63) is 34.4 Å². The van der Waals surface area contributed by atoms with E-state index in [4.69, 9.17) is 4.74 Å². The summed E-state index contributed by atoms with van der Waals surface area (Å²) in [6.07, 6.45) is 0. The fourth-order valence-corrected chi connectivity index (χ4v) is 3.00. The molecule has 0 saturated carbocycles. The topological polar surface area (TPSA) is 110 Å². The van der Waals surface area contributed by atoms with E-state index in [9.17, 15) is 14.9 Å². The number of morpholine rings is 1. The van der Waals surface area contributed by atoms with Gasteiger partial charge in [0.15, 0.2) is 0 Å². The summed E-state index contributed by atoms with van der Waals surface area (Å²) in [6, 6.07) is 6.04. The van der Waals surface area contributed by atoms with Gasteiger partial charge >= 0.3 is 0 Å². The summed E-state index contributed by atoms with van der Waals surface area (Å²) in [7, 11) is 0. The number of nitrogens with zero attached hydrogens (tertiary/aromatic N) is 4. The molecule has 10 heteroatoms. The first kappa shape index (κ1) is 16.4. The van der Waals surface area contributed by atoms with Crippen LogP contribution in [-0.2, 0) is 9.53 Å². The second-order valence-corrected chi connectivity index (χ2v) is 6.13. The fourth-order valence-electron chi connectivity index (χ4n) is 2.24. The van der Waals surface area contributed by atoms with Crippen LogP contribution in [0.4, 0.5) is 10.8 Å². The summed E-state index contributed by atoms with van der Waals surface area (Å²) in [6.45, 7) is 3.03. The number of non-ortho nitro benzene ring substituents is 1. The number of hydrogen-bond donors (Lipinski definition) is 1. The first-order valence-corrected chi connectivity index (χ1v) is 8.12. The largest absolute Gasteiger partial charge is 0.379 e. The zero-order valence-electron chi connectivity index (χ0n) is 12.7. The van der Waals surface area contributed by atoms with Gasteiger partial charge < -0.3 is 4.74 Å². The van der Waals surface area contributed by atoms with Crippen LogP contribution in [0.2, 0.25) is 0 Å². The smallest absolute Gasteiger partial charge is 0.269 e. The van der Waals surface area contributed by atoms with Gasteiger partial charge in [-0.3, -0.25) is 25.1 Å². The van der Waals surface area contributed by atoms with Crippen molar-refractivity contribution in [2.45, 2.75) is 0 Å². The zero-order valence-corrected chi connectivity index (χ0v) is 13.5. The molecule has 1 aliphatic heterocycles. The molecule has 24 heavy (non-hydrogen) atoms. The monoisotopic (exact) mass is 349 g/mol. The van der Waals surface area contributed by atoms with Crippen molar-refractivity contribution >= 4 is 28.1 Å². The van der Waals surface area contributed by atoms with E-state index in [1.54, 1.807) is 12.1 Å². The van der Waals surface area contributed by atoms with Crippen LogP contribution in [0.15, 0.2) is 24.3 Å². The lowest BCUT2D eigenvalue weighted by atomic mass is 10.2. The van der Waals surface area contributed by atoms with Crippen molar-refractivity contribution in [3.8, 4) is 10.6 Å². The first-order chi connectivity index (χ1) is 11.6. The van der Waals surface area contributed by atoms with Gasteiger partial charge in [0.2, 0.25) is 11.0 Å². The van der Waals surface area contributed by atoms with E-state index >= 15 is 0 Å². The van der Waals surface area contributed by atoms with Gasteiger partial charge in [0.1, 0.15) is 5.01 Å². The van der Waals surface area contributed by atoms with E-state index in [1.807, 2.05) is 4.90 Å². The summed E-state index contributed by atoms with van der Waals surface area (Å²) in [5.74, 6) is -0.150. The van der Waals surface area contributed by atoms with Crippen molar-refractivity contribution < 1.29 is 14.5 Å². The second kappa shape index (κ2) is 7.43. The molecule has 9 nitrogen and oxygen atoms in total. The first-order valence-electron chi connectivity index (χ1n) is 7.30. The highest BCUT2D eigenvalue weighted by Gasteiger charge is 2.16. The Bertz CT molecular complexity index is 727. The highest BCUT2D eigenvalue weighted by molar-refractivity contribution is 7.18. The molecule has 0 aliphatic carbocycles. The quantitative estimate of drug-likeness (QED) is 0.641. The Balaban J connectivity index is 1.60. The van der Waals surface area contributed by atoms with E-state index in [-0.39, 0.29) is 18.1 Å². The molecule has 126 valence electrons. The van der Waals surface area contributed by atoms with E-state index in [0.717, 1.165) is 13.1 Å². The van der Waals surface area contributed by atoms with E-state index in [1.165, 1.54) is 23.5 Å². The Morgan fingerprint density at radius 2 is 2.00 bits per heavy atom. The van der Waals surface area contributed by atoms with Crippen molar-refractivity contribution in [3.63, 3.8) is 0 Å². The van der Waals surface area contributed by atoms with E-state index in [2.05, 4.69) is 15.5 Å². The van der Waals surface area contributed by atoms with Crippen LogP contribution in [0.1, 0.15) is 0 Å². The van der Waals surface area contributed by atoms with Crippen LogP contribution >= 0.6 is 11.3 Å². The van der Waals surface area contributed by atoms with Gasteiger partial charge in [0, 0.05) is 30.8 Å². The molecule has 1 saturated heterocycles. The average molecular weight is 349 g/mol. The highest BCUT2D eigenvalue weighted by Crippen LogP contribution is 2.27. The molecule has 0 bridgehead atoms. The third-order valence-corrected chi connectivity index (χ3v) is 4.36. The Labute approximate surface area is 141 Å². The number of hydrogen-bond acceptors (Lipinski definition) is 8. The minimum atomic E-state index is -0.457. The van der Waals surface area contributed by atoms with Crippen LogP contribution in [0.5, 0.6) is 0 Å². The molecule has 2 aromatic rings. The van der Waals surface area contributed by atoms with Gasteiger partial charge in [-0.1, -0.05) is 11.3 Å².